The Labute approximate surface area is 139 Å². The monoisotopic (exact) mass is 307 g/mol. The SMILES string of the molecule is CN(C)C/C=C(/c1ccccc1)C1(O)CCCc2ccccc21. The van der Waals surface area contributed by atoms with Gasteiger partial charge in [0.05, 0.1) is 0 Å². The summed E-state index contributed by atoms with van der Waals surface area (Å²) in [6, 6.07) is 18.6. The summed E-state index contributed by atoms with van der Waals surface area (Å²) in [5, 5.41) is 11.7. The Morgan fingerprint density at radius 2 is 1.78 bits per heavy atom. The first-order valence-corrected chi connectivity index (χ1v) is 8.33. The highest BCUT2D eigenvalue weighted by Gasteiger charge is 2.38. The fourth-order valence-corrected chi connectivity index (χ4v) is 3.51. The average molecular weight is 307 g/mol. The standard InChI is InChI=1S/C21H25NO/c1-22(2)16-14-20(17-9-4-3-5-10-17)21(23)15-8-12-18-11-6-7-13-19(18)21/h3-7,9-11,13-14,23H,8,12,15-16H2,1-2H3/b20-14-. The van der Waals surface area contributed by atoms with Gasteiger partial charge in [0, 0.05) is 6.54 Å². The molecule has 3 rings (SSSR count). The van der Waals surface area contributed by atoms with E-state index < -0.39 is 5.60 Å². The minimum atomic E-state index is -0.897. The van der Waals surface area contributed by atoms with Gasteiger partial charge in [-0.15, -0.1) is 0 Å². The number of hydrogen-bond acceptors (Lipinski definition) is 2. The van der Waals surface area contributed by atoms with Gasteiger partial charge in [0.2, 0.25) is 0 Å². The smallest absolute Gasteiger partial charge is 0.115 e. The molecule has 0 aromatic heterocycles. The molecule has 1 aliphatic rings. The summed E-state index contributed by atoms with van der Waals surface area (Å²) in [6.07, 6.45) is 5.02. The van der Waals surface area contributed by atoms with Crippen LogP contribution in [0.4, 0.5) is 0 Å². The first kappa shape index (κ1) is 16.0. The number of benzene rings is 2. The highest BCUT2D eigenvalue weighted by atomic mass is 16.3. The lowest BCUT2D eigenvalue weighted by Gasteiger charge is -2.37. The molecule has 0 fully saturated rings. The van der Waals surface area contributed by atoms with Crippen molar-refractivity contribution in [1.29, 1.82) is 0 Å². The van der Waals surface area contributed by atoms with E-state index >= 15 is 0 Å². The van der Waals surface area contributed by atoms with Crippen LogP contribution in [-0.2, 0) is 12.0 Å². The van der Waals surface area contributed by atoms with Crippen LogP contribution in [0.25, 0.3) is 5.57 Å². The normalized spacial score (nSPS) is 21.3. The van der Waals surface area contributed by atoms with E-state index in [1.165, 1.54) is 5.56 Å². The molecule has 0 heterocycles. The zero-order valence-electron chi connectivity index (χ0n) is 14.0. The Morgan fingerprint density at radius 3 is 2.52 bits per heavy atom. The van der Waals surface area contributed by atoms with Crippen molar-refractivity contribution >= 4 is 5.57 Å². The number of hydrogen-bond donors (Lipinski definition) is 1. The fraction of sp³-hybridized carbons (Fsp3) is 0.333. The molecule has 0 spiro atoms. The predicted molar refractivity (Wildman–Crippen MR) is 96.2 cm³/mol. The van der Waals surface area contributed by atoms with Crippen molar-refractivity contribution in [3.8, 4) is 0 Å². The number of rotatable bonds is 4. The van der Waals surface area contributed by atoms with Crippen LogP contribution < -0.4 is 0 Å². The Kier molecular flexibility index (Phi) is 4.65. The second-order valence-corrected chi connectivity index (χ2v) is 6.62. The van der Waals surface area contributed by atoms with Gasteiger partial charge in [0.25, 0.3) is 0 Å². The van der Waals surface area contributed by atoms with Crippen LogP contribution in [0.15, 0.2) is 60.7 Å². The van der Waals surface area contributed by atoms with E-state index in [-0.39, 0.29) is 0 Å². The van der Waals surface area contributed by atoms with Crippen LogP contribution in [-0.4, -0.2) is 30.6 Å². The van der Waals surface area contributed by atoms with Crippen LogP contribution >= 0.6 is 0 Å². The lowest BCUT2D eigenvalue weighted by atomic mass is 9.72. The Hall–Kier alpha value is -1.90. The molecule has 2 aromatic carbocycles. The Balaban J connectivity index is 2.12. The second-order valence-electron chi connectivity index (χ2n) is 6.62. The zero-order chi connectivity index (χ0) is 16.3. The van der Waals surface area contributed by atoms with Crippen molar-refractivity contribution in [3.05, 3.63) is 77.4 Å². The second kappa shape index (κ2) is 6.69. The number of likely N-dealkylation sites (N-methyl/N-ethyl adjacent to an activating group) is 1. The fourth-order valence-electron chi connectivity index (χ4n) is 3.51. The van der Waals surface area contributed by atoms with Gasteiger partial charge in [-0.2, -0.15) is 0 Å². The first-order chi connectivity index (χ1) is 11.1. The molecular weight excluding hydrogens is 282 g/mol. The molecule has 1 aliphatic carbocycles. The summed E-state index contributed by atoms with van der Waals surface area (Å²) in [6.45, 7) is 0.814. The molecule has 0 radical (unpaired) electrons. The molecule has 0 bridgehead atoms. The minimum absolute atomic E-state index is 0.776. The van der Waals surface area contributed by atoms with Crippen LogP contribution in [0, 0.1) is 0 Å². The van der Waals surface area contributed by atoms with Crippen molar-refractivity contribution in [2.24, 2.45) is 0 Å². The third-order valence-corrected chi connectivity index (χ3v) is 4.64. The Bertz CT molecular complexity index is 690. The molecule has 2 nitrogen and oxygen atoms in total. The third-order valence-electron chi connectivity index (χ3n) is 4.64. The lowest BCUT2D eigenvalue weighted by molar-refractivity contribution is 0.0805. The van der Waals surface area contributed by atoms with E-state index in [9.17, 15) is 5.11 Å². The number of aryl methyl sites for hydroxylation is 1. The van der Waals surface area contributed by atoms with Gasteiger partial charge in [-0.25, -0.2) is 0 Å². The number of aliphatic hydroxyl groups is 1. The van der Waals surface area contributed by atoms with Crippen molar-refractivity contribution in [2.75, 3.05) is 20.6 Å². The van der Waals surface area contributed by atoms with Gasteiger partial charge >= 0.3 is 0 Å². The summed E-state index contributed by atoms with van der Waals surface area (Å²) >= 11 is 0. The van der Waals surface area contributed by atoms with E-state index in [1.807, 2.05) is 24.3 Å². The molecule has 2 heteroatoms. The molecule has 1 unspecified atom stereocenters. The van der Waals surface area contributed by atoms with E-state index in [4.69, 9.17) is 0 Å². The predicted octanol–water partition coefficient (Wildman–Crippen LogP) is 3.86. The summed E-state index contributed by atoms with van der Waals surface area (Å²) < 4.78 is 0. The topological polar surface area (TPSA) is 23.5 Å². The van der Waals surface area contributed by atoms with Gasteiger partial charge in [-0.3, -0.25) is 0 Å². The molecule has 0 amide bonds. The Morgan fingerprint density at radius 1 is 1.09 bits per heavy atom. The van der Waals surface area contributed by atoms with Gasteiger partial charge in [-0.1, -0.05) is 60.7 Å². The van der Waals surface area contributed by atoms with Crippen LogP contribution in [0.3, 0.4) is 0 Å². The van der Waals surface area contributed by atoms with Gasteiger partial charge in [0.15, 0.2) is 0 Å². The first-order valence-electron chi connectivity index (χ1n) is 8.33. The average Bonchev–Trinajstić information content (AvgIpc) is 2.56. The van der Waals surface area contributed by atoms with Crippen molar-refractivity contribution in [2.45, 2.75) is 24.9 Å². The summed E-state index contributed by atoms with van der Waals surface area (Å²) in [7, 11) is 4.11. The van der Waals surface area contributed by atoms with E-state index in [0.29, 0.717) is 0 Å². The van der Waals surface area contributed by atoms with Crippen molar-refractivity contribution in [1.82, 2.24) is 4.90 Å². The molecule has 120 valence electrons. The maximum absolute atomic E-state index is 11.7. The number of nitrogens with zero attached hydrogens (tertiary/aromatic N) is 1. The lowest BCUT2D eigenvalue weighted by Crippen LogP contribution is -2.32. The summed E-state index contributed by atoms with van der Waals surface area (Å²) in [5.41, 5.74) is 3.58. The zero-order valence-corrected chi connectivity index (χ0v) is 14.0. The van der Waals surface area contributed by atoms with Gasteiger partial charge < -0.3 is 10.0 Å². The van der Waals surface area contributed by atoms with Crippen LogP contribution in [0.5, 0.6) is 0 Å². The van der Waals surface area contributed by atoms with Crippen LogP contribution in [0.2, 0.25) is 0 Å². The highest BCUT2D eigenvalue weighted by molar-refractivity contribution is 5.75. The van der Waals surface area contributed by atoms with Crippen molar-refractivity contribution < 1.29 is 5.11 Å². The van der Waals surface area contributed by atoms with Gasteiger partial charge in [-0.05, 0) is 55.6 Å². The summed E-state index contributed by atoms with van der Waals surface area (Å²) in [5.74, 6) is 0. The van der Waals surface area contributed by atoms with E-state index in [0.717, 1.165) is 42.5 Å². The molecular formula is C21H25NO. The van der Waals surface area contributed by atoms with Crippen LogP contribution in [0.1, 0.15) is 29.5 Å². The van der Waals surface area contributed by atoms with Crippen molar-refractivity contribution in [3.63, 3.8) is 0 Å². The molecule has 23 heavy (non-hydrogen) atoms. The quantitative estimate of drug-likeness (QED) is 0.927. The van der Waals surface area contributed by atoms with E-state index in [2.05, 4.69) is 55.4 Å². The van der Waals surface area contributed by atoms with E-state index in [1.54, 1.807) is 0 Å². The third kappa shape index (κ3) is 3.24. The molecule has 1 atom stereocenters. The molecule has 0 saturated heterocycles. The highest BCUT2D eigenvalue weighted by Crippen LogP contribution is 2.44. The molecule has 2 aromatic rings. The minimum Gasteiger partial charge on any atom is -0.380 e. The molecule has 0 saturated carbocycles. The maximum atomic E-state index is 11.7. The molecule has 0 aliphatic heterocycles. The van der Waals surface area contributed by atoms with Gasteiger partial charge in [0.1, 0.15) is 5.60 Å². The molecule has 1 N–H and O–H groups in total. The summed E-state index contributed by atoms with van der Waals surface area (Å²) in [4.78, 5) is 2.13. The maximum Gasteiger partial charge on any atom is 0.115 e. The largest absolute Gasteiger partial charge is 0.380 e. The number of fused-ring (bicyclic) bond motifs is 1.